The Kier molecular flexibility index (Phi) is 10.3. The summed E-state index contributed by atoms with van der Waals surface area (Å²) in [6, 6.07) is 2.99. The van der Waals surface area contributed by atoms with Gasteiger partial charge in [-0.2, -0.15) is 16.8 Å². The van der Waals surface area contributed by atoms with Gasteiger partial charge in [0.25, 0.3) is 20.2 Å². The number of rotatable bonds is 1. The number of hydrogen-bond acceptors (Lipinski definition) is 7. The van der Waals surface area contributed by atoms with Gasteiger partial charge in [0.2, 0.25) is 0 Å². The second kappa shape index (κ2) is 10.1. The second-order valence-electron chi connectivity index (χ2n) is 3.65. The maximum Gasteiger partial charge on any atom is 0.314 e. The van der Waals surface area contributed by atoms with Gasteiger partial charge in [-0.3, -0.25) is 18.7 Å². The number of primary amides is 1. The fourth-order valence-corrected chi connectivity index (χ4v) is 0.739. The first-order valence-corrected chi connectivity index (χ1v) is 9.24. The number of hydrogen-bond donors (Lipinski definition) is 4. The standard InChI is InChI=1S/C7H6ClN3O2.2CH4O3S/c8-4-1-2-5(10-3-4)11-7(13)6(9)12;2*1-5(2,3)4/h1-3H,(H2,9,12)(H,10,11,13);2*1H3,(H,2,3,4). The molecule has 0 atom stereocenters. The summed E-state index contributed by atoms with van der Waals surface area (Å²) in [5.74, 6) is -1.74. The van der Waals surface area contributed by atoms with Gasteiger partial charge in [-0.25, -0.2) is 4.98 Å². The Labute approximate surface area is 137 Å². The number of halogens is 1. The van der Waals surface area contributed by atoms with Crippen LogP contribution in [-0.4, -0.2) is 55.3 Å². The molecule has 0 spiro atoms. The van der Waals surface area contributed by atoms with E-state index >= 15 is 0 Å². The molecule has 1 aromatic heterocycles. The molecule has 0 saturated heterocycles. The quantitative estimate of drug-likeness (QED) is 0.348. The Balaban J connectivity index is 0. The molecule has 0 saturated carbocycles. The molecular weight excluding hydrogens is 378 g/mol. The molecular formula is C9H14ClN3O8S2. The molecule has 0 aliphatic heterocycles. The molecule has 0 radical (unpaired) electrons. The van der Waals surface area contributed by atoms with Crippen molar-refractivity contribution in [3.05, 3.63) is 23.4 Å². The predicted octanol–water partition coefficient (Wildman–Crippen LogP) is -0.833. The van der Waals surface area contributed by atoms with Gasteiger partial charge < -0.3 is 11.1 Å². The third kappa shape index (κ3) is 25.5. The molecule has 23 heavy (non-hydrogen) atoms. The molecule has 14 heteroatoms. The van der Waals surface area contributed by atoms with Crippen LogP contribution in [0.2, 0.25) is 5.02 Å². The predicted molar refractivity (Wildman–Crippen MR) is 82.0 cm³/mol. The van der Waals surface area contributed by atoms with E-state index in [1.165, 1.54) is 18.3 Å². The lowest BCUT2D eigenvalue weighted by Crippen LogP contribution is -2.29. The molecule has 1 rings (SSSR count). The van der Waals surface area contributed by atoms with Crippen LogP contribution in [-0.2, 0) is 29.8 Å². The van der Waals surface area contributed by atoms with Crippen molar-refractivity contribution in [3.8, 4) is 0 Å². The minimum Gasteiger partial charge on any atom is -0.361 e. The summed E-state index contributed by atoms with van der Waals surface area (Å²) in [6.07, 6.45) is 2.78. The third-order valence-electron chi connectivity index (χ3n) is 1.19. The molecule has 0 aromatic carbocycles. The second-order valence-corrected chi connectivity index (χ2v) is 7.01. The van der Waals surface area contributed by atoms with Crippen molar-refractivity contribution in [2.75, 3.05) is 17.8 Å². The Bertz CT molecular complexity index is 685. The van der Waals surface area contributed by atoms with Crippen LogP contribution in [0.15, 0.2) is 18.3 Å². The van der Waals surface area contributed by atoms with Crippen LogP contribution in [0.3, 0.4) is 0 Å². The van der Waals surface area contributed by atoms with Gasteiger partial charge >= 0.3 is 11.8 Å². The van der Waals surface area contributed by atoms with Gasteiger partial charge in [0, 0.05) is 6.20 Å². The van der Waals surface area contributed by atoms with Crippen LogP contribution in [0.4, 0.5) is 5.82 Å². The Morgan fingerprint density at radius 3 is 1.78 bits per heavy atom. The maximum atomic E-state index is 10.7. The van der Waals surface area contributed by atoms with E-state index in [1.807, 2.05) is 0 Å². The Hall–Kier alpha value is -1.80. The average molecular weight is 392 g/mol. The summed E-state index contributed by atoms with van der Waals surface area (Å²) in [5.41, 5.74) is 4.71. The molecule has 11 nitrogen and oxygen atoms in total. The normalized spacial score (nSPS) is 10.3. The molecule has 0 aliphatic carbocycles. The van der Waals surface area contributed by atoms with E-state index in [0.717, 1.165) is 0 Å². The highest BCUT2D eigenvalue weighted by molar-refractivity contribution is 7.85. The third-order valence-corrected chi connectivity index (χ3v) is 1.42. The van der Waals surface area contributed by atoms with Crippen molar-refractivity contribution in [1.29, 1.82) is 0 Å². The van der Waals surface area contributed by atoms with Gasteiger partial charge in [0.05, 0.1) is 17.5 Å². The summed E-state index contributed by atoms with van der Waals surface area (Å²) in [4.78, 5) is 24.8. The largest absolute Gasteiger partial charge is 0.361 e. The molecule has 1 aromatic rings. The minimum atomic E-state index is -3.67. The average Bonchev–Trinajstić information content (AvgIpc) is 2.27. The summed E-state index contributed by atoms with van der Waals surface area (Å²) >= 11 is 5.54. The SMILES string of the molecule is CS(=O)(=O)O.CS(=O)(=O)O.NC(=O)C(=O)Nc1ccc(Cl)cn1. The van der Waals surface area contributed by atoms with Crippen LogP contribution >= 0.6 is 11.6 Å². The molecule has 5 N–H and O–H groups in total. The molecule has 132 valence electrons. The van der Waals surface area contributed by atoms with E-state index in [-0.39, 0.29) is 5.82 Å². The number of aromatic nitrogens is 1. The van der Waals surface area contributed by atoms with Gasteiger partial charge in [0.15, 0.2) is 0 Å². The summed E-state index contributed by atoms with van der Waals surface area (Å²) in [6.45, 7) is 0. The number of nitrogens with one attached hydrogen (secondary N) is 1. The number of nitrogens with zero attached hydrogens (tertiary/aromatic N) is 1. The number of carbonyl (C=O) groups is 2. The number of pyridine rings is 1. The van der Waals surface area contributed by atoms with Crippen molar-refractivity contribution in [1.82, 2.24) is 4.98 Å². The lowest BCUT2D eigenvalue weighted by Gasteiger charge is -1.99. The van der Waals surface area contributed by atoms with Gasteiger partial charge in [-0.1, -0.05) is 11.6 Å². The number of carbonyl (C=O) groups excluding carboxylic acids is 2. The molecule has 2 amide bonds. The topological polar surface area (TPSA) is 194 Å². The van der Waals surface area contributed by atoms with E-state index < -0.39 is 32.1 Å². The first-order chi connectivity index (χ1) is 10.1. The Morgan fingerprint density at radius 2 is 1.52 bits per heavy atom. The molecule has 0 bridgehead atoms. The molecule has 0 unspecified atom stereocenters. The fourth-order valence-electron chi connectivity index (χ4n) is 0.628. The van der Waals surface area contributed by atoms with E-state index in [0.29, 0.717) is 17.5 Å². The maximum absolute atomic E-state index is 10.7. The highest BCUT2D eigenvalue weighted by atomic mass is 35.5. The van der Waals surface area contributed by atoms with Crippen LogP contribution in [0.25, 0.3) is 0 Å². The van der Waals surface area contributed by atoms with Gasteiger partial charge in [-0.15, -0.1) is 0 Å². The van der Waals surface area contributed by atoms with Crippen LogP contribution in [0.5, 0.6) is 0 Å². The van der Waals surface area contributed by atoms with Crippen molar-refractivity contribution in [2.24, 2.45) is 5.73 Å². The first kappa shape index (κ1) is 23.5. The minimum absolute atomic E-state index is 0.230. The van der Waals surface area contributed by atoms with Crippen LogP contribution in [0, 0.1) is 0 Å². The zero-order valence-electron chi connectivity index (χ0n) is 11.8. The monoisotopic (exact) mass is 391 g/mol. The highest BCUT2D eigenvalue weighted by Gasteiger charge is 2.08. The number of amides is 2. The fraction of sp³-hybridized carbons (Fsp3) is 0.222. The molecule has 0 aliphatic rings. The van der Waals surface area contributed by atoms with Crippen molar-refractivity contribution >= 4 is 49.5 Å². The van der Waals surface area contributed by atoms with Gasteiger partial charge in [-0.05, 0) is 12.1 Å². The van der Waals surface area contributed by atoms with E-state index in [4.69, 9.17) is 26.4 Å². The molecule has 0 fully saturated rings. The summed E-state index contributed by atoms with van der Waals surface area (Å²) < 4.78 is 51.7. The van der Waals surface area contributed by atoms with E-state index in [1.54, 1.807) is 0 Å². The summed E-state index contributed by atoms with van der Waals surface area (Å²) in [7, 11) is -7.33. The lowest BCUT2D eigenvalue weighted by molar-refractivity contribution is -0.134. The van der Waals surface area contributed by atoms with Crippen LogP contribution < -0.4 is 11.1 Å². The Morgan fingerprint density at radius 1 is 1.13 bits per heavy atom. The first-order valence-electron chi connectivity index (χ1n) is 5.17. The van der Waals surface area contributed by atoms with E-state index in [9.17, 15) is 26.4 Å². The highest BCUT2D eigenvalue weighted by Crippen LogP contribution is 2.08. The number of nitrogens with two attached hydrogens (primary N) is 1. The summed E-state index contributed by atoms with van der Waals surface area (Å²) in [5, 5.41) is 2.63. The lowest BCUT2D eigenvalue weighted by atomic mass is 10.4. The van der Waals surface area contributed by atoms with Crippen LogP contribution in [0.1, 0.15) is 0 Å². The number of anilines is 1. The van der Waals surface area contributed by atoms with Crippen molar-refractivity contribution < 1.29 is 35.5 Å². The van der Waals surface area contributed by atoms with E-state index in [2.05, 4.69) is 10.3 Å². The van der Waals surface area contributed by atoms with Crippen molar-refractivity contribution in [2.45, 2.75) is 0 Å². The molecule has 1 heterocycles. The zero-order valence-corrected chi connectivity index (χ0v) is 14.2. The van der Waals surface area contributed by atoms with Gasteiger partial charge in [0.1, 0.15) is 5.82 Å². The smallest absolute Gasteiger partial charge is 0.314 e. The van der Waals surface area contributed by atoms with Crippen molar-refractivity contribution in [3.63, 3.8) is 0 Å². The zero-order chi connectivity index (χ0) is 18.8.